The first-order valence-corrected chi connectivity index (χ1v) is 11.4. The molecule has 4 rings (SSSR count). The molecule has 1 aromatic heterocycles. The molecule has 2 aliphatic heterocycles. The second-order valence-corrected chi connectivity index (χ2v) is 9.74. The average Bonchev–Trinajstić information content (AvgIpc) is 3.17. The Balaban J connectivity index is 1.37. The first-order valence-electron chi connectivity index (χ1n) is 9.94. The summed E-state index contributed by atoms with van der Waals surface area (Å²) in [5.74, 6) is 0.516. The van der Waals surface area contributed by atoms with Gasteiger partial charge in [-0.15, -0.1) is 0 Å². The summed E-state index contributed by atoms with van der Waals surface area (Å²) < 4.78 is 25.6. The van der Waals surface area contributed by atoms with Crippen molar-refractivity contribution in [2.24, 2.45) is 5.92 Å². The Hall–Kier alpha value is -2.29. The summed E-state index contributed by atoms with van der Waals surface area (Å²) >= 11 is 0. The number of carbonyl (C=O) groups excluding carboxylic acids is 1. The minimum absolute atomic E-state index is 0.00193. The second-order valence-electron chi connectivity index (χ2n) is 7.82. The van der Waals surface area contributed by atoms with Crippen molar-refractivity contribution in [1.82, 2.24) is 20.9 Å². The Morgan fingerprint density at radius 3 is 2.76 bits per heavy atom. The number of amides is 1. The Morgan fingerprint density at radius 1 is 1.24 bits per heavy atom. The van der Waals surface area contributed by atoms with E-state index >= 15 is 0 Å². The molecule has 0 bridgehead atoms. The molecule has 1 amide bonds. The summed E-state index contributed by atoms with van der Waals surface area (Å²) in [6.45, 7) is 4.09. The van der Waals surface area contributed by atoms with Gasteiger partial charge in [0.1, 0.15) is 0 Å². The van der Waals surface area contributed by atoms with Gasteiger partial charge in [-0.05, 0) is 68.1 Å². The number of nitrogens with zero attached hydrogens (tertiary/aromatic N) is 1. The third-order valence-corrected chi connectivity index (χ3v) is 7.76. The highest BCUT2D eigenvalue weighted by Crippen LogP contribution is 2.25. The lowest BCUT2D eigenvalue weighted by atomic mass is 9.94. The zero-order valence-corrected chi connectivity index (χ0v) is 17.2. The van der Waals surface area contributed by atoms with Gasteiger partial charge in [0.05, 0.1) is 15.8 Å². The van der Waals surface area contributed by atoms with E-state index in [0.29, 0.717) is 24.1 Å². The summed E-state index contributed by atoms with van der Waals surface area (Å²) in [6.07, 6.45) is 4.86. The molecule has 0 saturated carbocycles. The van der Waals surface area contributed by atoms with Gasteiger partial charge in [-0.1, -0.05) is 12.1 Å². The largest absolute Gasteiger partial charge is 0.351 e. The van der Waals surface area contributed by atoms with Gasteiger partial charge in [0, 0.05) is 25.0 Å². The standard InChI is InChI=1S/C21H26N4O3S/c1-14-6-8-23-13-20(14)29(27,28)17-4-2-15(3-5-17)11-24-21(26)19-10-16-12-22-9-7-18(16)25-19/h2-6,8,13,16,18-19,22,25H,7,9-12H2,1H3,(H,24,26). The van der Waals surface area contributed by atoms with Crippen molar-refractivity contribution in [3.8, 4) is 0 Å². The lowest BCUT2D eigenvalue weighted by Crippen LogP contribution is -2.45. The number of aromatic nitrogens is 1. The van der Waals surface area contributed by atoms with E-state index < -0.39 is 9.84 Å². The monoisotopic (exact) mass is 414 g/mol. The van der Waals surface area contributed by atoms with Crippen LogP contribution < -0.4 is 16.0 Å². The molecular formula is C21H26N4O3S. The van der Waals surface area contributed by atoms with Gasteiger partial charge in [-0.3, -0.25) is 9.78 Å². The molecule has 0 radical (unpaired) electrons. The van der Waals surface area contributed by atoms with E-state index in [2.05, 4.69) is 20.9 Å². The van der Waals surface area contributed by atoms with Crippen LogP contribution in [0.1, 0.15) is 24.0 Å². The number of piperidine rings is 1. The Labute approximate surface area is 171 Å². The molecule has 2 aliphatic rings. The van der Waals surface area contributed by atoms with Gasteiger partial charge >= 0.3 is 0 Å². The highest BCUT2D eigenvalue weighted by atomic mass is 32.2. The van der Waals surface area contributed by atoms with Crippen LogP contribution in [0.3, 0.4) is 0 Å². The van der Waals surface area contributed by atoms with E-state index in [1.807, 2.05) is 0 Å². The topological polar surface area (TPSA) is 100 Å². The van der Waals surface area contributed by atoms with Crippen LogP contribution in [0.5, 0.6) is 0 Å². The van der Waals surface area contributed by atoms with Gasteiger partial charge in [0.15, 0.2) is 0 Å². The molecule has 2 fully saturated rings. The molecule has 2 saturated heterocycles. The van der Waals surface area contributed by atoms with Crippen LogP contribution in [-0.2, 0) is 21.2 Å². The lowest BCUT2D eigenvalue weighted by molar-refractivity contribution is -0.123. The van der Waals surface area contributed by atoms with Crippen LogP contribution in [0.25, 0.3) is 0 Å². The van der Waals surface area contributed by atoms with Gasteiger partial charge in [0.2, 0.25) is 15.7 Å². The number of pyridine rings is 1. The molecule has 3 atom stereocenters. The average molecular weight is 415 g/mol. The molecule has 1 aromatic carbocycles. The quantitative estimate of drug-likeness (QED) is 0.679. The van der Waals surface area contributed by atoms with Crippen molar-refractivity contribution >= 4 is 15.7 Å². The van der Waals surface area contributed by atoms with Crippen molar-refractivity contribution in [3.63, 3.8) is 0 Å². The molecule has 0 spiro atoms. The van der Waals surface area contributed by atoms with E-state index in [4.69, 9.17) is 0 Å². The van der Waals surface area contributed by atoms with Crippen LogP contribution in [0.2, 0.25) is 0 Å². The molecule has 3 heterocycles. The van der Waals surface area contributed by atoms with Gasteiger partial charge in [0.25, 0.3) is 0 Å². The molecule has 7 nitrogen and oxygen atoms in total. The van der Waals surface area contributed by atoms with Crippen molar-refractivity contribution < 1.29 is 13.2 Å². The smallest absolute Gasteiger partial charge is 0.237 e. The van der Waals surface area contributed by atoms with E-state index in [0.717, 1.165) is 31.5 Å². The Kier molecular flexibility index (Phi) is 5.67. The highest BCUT2D eigenvalue weighted by Gasteiger charge is 2.38. The summed E-state index contributed by atoms with van der Waals surface area (Å²) in [4.78, 5) is 16.9. The first-order chi connectivity index (χ1) is 13.9. The molecule has 3 unspecified atom stereocenters. The van der Waals surface area contributed by atoms with E-state index in [-0.39, 0.29) is 21.7 Å². The van der Waals surface area contributed by atoms with Crippen molar-refractivity contribution in [2.45, 2.75) is 48.2 Å². The maximum atomic E-state index is 12.8. The van der Waals surface area contributed by atoms with Gasteiger partial charge < -0.3 is 16.0 Å². The summed E-state index contributed by atoms with van der Waals surface area (Å²) in [5.41, 5.74) is 1.52. The predicted molar refractivity (Wildman–Crippen MR) is 109 cm³/mol. The number of hydrogen-bond donors (Lipinski definition) is 3. The number of fused-ring (bicyclic) bond motifs is 1. The van der Waals surface area contributed by atoms with Crippen LogP contribution in [0.15, 0.2) is 52.5 Å². The molecule has 8 heteroatoms. The summed E-state index contributed by atoms with van der Waals surface area (Å²) in [5, 5.41) is 9.79. The third kappa shape index (κ3) is 4.19. The maximum Gasteiger partial charge on any atom is 0.237 e. The zero-order valence-electron chi connectivity index (χ0n) is 16.4. The first kappa shape index (κ1) is 20.0. The molecular weight excluding hydrogens is 388 g/mol. The van der Waals surface area contributed by atoms with Gasteiger partial charge in [-0.2, -0.15) is 0 Å². The molecule has 2 aromatic rings. The predicted octanol–water partition coefficient (Wildman–Crippen LogP) is 1.18. The van der Waals surface area contributed by atoms with Crippen LogP contribution in [0, 0.1) is 12.8 Å². The number of aryl methyl sites for hydroxylation is 1. The lowest BCUT2D eigenvalue weighted by Gasteiger charge is -2.25. The number of hydrogen-bond acceptors (Lipinski definition) is 6. The van der Waals surface area contributed by atoms with Crippen LogP contribution >= 0.6 is 0 Å². The van der Waals surface area contributed by atoms with Gasteiger partial charge in [-0.25, -0.2) is 8.42 Å². The fourth-order valence-corrected chi connectivity index (χ4v) is 5.60. The number of nitrogens with one attached hydrogen (secondary N) is 3. The molecule has 29 heavy (non-hydrogen) atoms. The fraction of sp³-hybridized carbons (Fsp3) is 0.429. The van der Waals surface area contributed by atoms with E-state index in [9.17, 15) is 13.2 Å². The minimum Gasteiger partial charge on any atom is -0.351 e. The number of sulfone groups is 1. The fourth-order valence-electron chi connectivity index (χ4n) is 4.16. The second kappa shape index (κ2) is 8.22. The van der Waals surface area contributed by atoms with Crippen molar-refractivity contribution in [2.75, 3.05) is 13.1 Å². The maximum absolute atomic E-state index is 12.8. The molecule has 3 N–H and O–H groups in total. The summed E-state index contributed by atoms with van der Waals surface area (Å²) in [6, 6.07) is 8.59. The third-order valence-electron chi connectivity index (χ3n) is 5.86. The zero-order chi connectivity index (χ0) is 20.4. The summed E-state index contributed by atoms with van der Waals surface area (Å²) in [7, 11) is -3.61. The number of benzene rings is 1. The minimum atomic E-state index is -3.61. The van der Waals surface area contributed by atoms with Crippen molar-refractivity contribution in [1.29, 1.82) is 0 Å². The van der Waals surface area contributed by atoms with E-state index in [1.54, 1.807) is 43.5 Å². The number of rotatable bonds is 5. The highest BCUT2D eigenvalue weighted by molar-refractivity contribution is 7.91. The Bertz CT molecular complexity index is 977. The van der Waals surface area contributed by atoms with Crippen LogP contribution in [0.4, 0.5) is 0 Å². The Morgan fingerprint density at radius 2 is 2.03 bits per heavy atom. The molecule has 0 aliphatic carbocycles. The normalized spacial score (nSPS) is 24.1. The SMILES string of the molecule is Cc1ccncc1S(=O)(=O)c1ccc(CNC(=O)C2CC3CNCCC3N2)cc1. The number of carbonyl (C=O) groups is 1. The van der Waals surface area contributed by atoms with Crippen molar-refractivity contribution in [3.05, 3.63) is 53.9 Å². The van der Waals surface area contributed by atoms with E-state index in [1.165, 1.54) is 6.20 Å². The van der Waals surface area contributed by atoms with Crippen LogP contribution in [-0.4, -0.2) is 44.5 Å². The molecule has 154 valence electrons.